The third-order valence-electron chi connectivity index (χ3n) is 2.47. The summed E-state index contributed by atoms with van der Waals surface area (Å²) in [4.78, 5) is 3.92. The first-order valence-electron chi connectivity index (χ1n) is 5.90. The van der Waals surface area contributed by atoms with Crippen molar-refractivity contribution in [2.75, 3.05) is 25.6 Å². The van der Waals surface area contributed by atoms with E-state index >= 15 is 0 Å². The maximum atomic E-state index is 5.79. The van der Waals surface area contributed by atoms with Gasteiger partial charge < -0.3 is 14.8 Å². The van der Waals surface area contributed by atoms with Gasteiger partial charge in [-0.15, -0.1) is 0 Å². The zero-order chi connectivity index (χ0) is 13.5. The molecule has 2 aromatic rings. The van der Waals surface area contributed by atoms with Crippen LogP contribution >= 0.6 is 11.6 Å². The Morgan fingerprint density at radius 1 is 1.21 bits per heavy atom. The van der Waals surface area contributed by atoms with Crippen LogP contribution in [0.15, 0.2) is 42.6 Å². The molecule has 2 rings (SSSR count). The molecule has 0 saturated heterocycles. The molecule has 4 nitrogen and oxygen atoms in total. The Kier molecular flexibility index (Phi) is 4.86. The molecule has 5 heteroatoms. The molecule has 0 saturated carbocycles. The van der Waals surface area contributed by atoms with Crippen LogP contribution in [-0.4, -0.2) is 25.2 Å². The van der Waals surface area contributed by atoms with Crippen LogP contribution in [0.4, 0.5) is 5.69 Å². The molecule has 0 aliphatic rings. The first-order valence-corrected chi connectivity index (χ1v) is 6.28. The van der Waals surface area contributed by atoms with Gasteiger partial charge in [-0.05, 0) is 24.3 Å². The highest BCUT2D eigenvalue weighted by Gasteiger charge is 1.97. The average Bonchev–Trinajstić information content (AvgIpc) is 2.44. The number of methoxy groups -OCH3 is 1. The number of benzene rings is 1. The van der Waals surface area contributed by atoms with Crippen molar-refractivity contribution in [1.82, 2.24) is 4.98 Å². The molecule has 0 aliphatic heterocycles. The number of nitrogens with zero attached hydrogens (tertiary/aromatic N) is 1. The molecule has 1 aromatic carbocycles. The lowest BCUT2D eigenvalue weighted by atomic mass is 10.3. The first kappa shape index (κ1) is 13.5. The summed E-state index contributed by atoms with van der Waals surface area (Å²) in [5.74, 6) is 1.57. The second-order valence-electron chi connectivity index (χ2n) is 3.82. The molecule has 0 fully saturated rings. The van der Waals surface area contributed by atoms with Gasteiger partial charge in [0.25, 0.3) is 0 Å². The molecular weight excluding hydrogens is 264 g/mol. The Hall–Kier alpha value is -1.94. The van der Waals surface area contributed by atoms with Crippen LogP contribution in [0.2, 0.25) is 5.15 Å². The maximum absolute atomic E-state index is 5.79. The van der Waals surface area contributed by atoms with Gasteiger partial charge in [0.2, 0.25) is 0 Å². The van der Waals surface area contributed by atoms with Crippen LogP contribution in [0.3, 0.4) is 0 Å². The van der Waals surface area contributed by atoms with Gasteiger partial charge in [0.15, 0.2) is 0 Å². The molecule has 19 heavy (non-hydrogen) atoms. The van der Waals surface area contributed by atoms with E-state index in [1.807, 2.05) is 30.3 Å². The lowest BCUT2D eigenvalue weighted by Crippen LogP contribution is -2.11. The standard InChI is InChI=1S/C14H15ClN2O2/c1-18-12-3-2-4-13(10-12)19-8-7-16-11-5-6-17-14(15)9-11/h2-6,9-10H,7-8H2,1H3,(H,16,17). The molecule has 0 bridgehead atoms. The summed E-state index contributed by atoms with van der Waals surface area (Å²) in [5.41, 5.74) is 0.925. The van der Waals surface area contributed by atoms with E-state index in [2.05, 4.69) is 10.3 Å². The largest absolute Gasteiger partial charge is 0.497 e. The first-order chi connectivity index (χ1) is 9.28. The van der Waals surface area contributed by atoms with Crippen LogP contribution in [0.5, 0.6) is 11.5 Å². The number of anilines is 1. The molecule has 0 aliphatic carbocycles. The highest BCUT2D eigenvalue weighted by atomic mass is 35.5. The van der Waals surface area contributed by atoms with Gasteiger partial charge in [-0.1, -0.05) is 17.7 Å². The number of halogens is 1. The Morgan fingerprint density at radius 2 is 2.05 bits per heavy atom. The zero-order valence-corrected chi connectivity index (χ0v) is 11.4. The summed E-state index contributed by atoms with van der Waals surface area (Å²) >= 11 is 5.79. The summed E-state index contributed by atoms with van der Waals surface area (Å²) in [6.07, 6.45) is 1.66. The Bertz CT molecular complexity index is 534. The number of aromatic nitrogens is 1. The van der Waals surface area contributed by atoms with E-state index in [-0.39, 0.29) is 0 Å². The molecule has 100 valence electrons. The summed E-state index contributed by atoms with van der Waals surface area (Å²) in [6.45, 7) is 1.23. The van der Waals surface area contributed by atoms with Gasteiger partial charge in [-0.2, -0.15) is 0 Å². The van der Waals surface area contributed by atoms with Crippen molar-refractivity contribution in [3.8, 4) is 11.5 Å². The normalized spacial score (nSPS) is 10.0. The lowest BCUT2D eigenvalue weighted by Gasteiger charge is -2.09. The van der Waals surface area contributed by atoms with Gasteiger partial charge in [0, 0.05) is 24.5 Å². The number of hydrogen-bond donors (Lipinski definition) is 1. The summed E-state index contributed by atoms with van der Waals surface area (Å²) in [5, 5.41) is 3.67. The summed E-state index contributed by atoms with van der Waals surface area (Å²) in [6, 6.07) is 11.1. The fourth-order valence-corrected chi connectivity index (χ4v) is 1.74. The minimum atomic E-state index is 0.471. The van der Waals surface area contributed by atoms with Crippen molar-refractivity contribution >= 4 is 17.3 Å². The quantitative estimate of drug-likeness (QED) is 0.651. The van der Waals surface area contributed by atoms with E-state index in [1.165, 1.54) is 0 Å². The fraction of sp³-hybridized carbons (Fsp3) is 0.214. The second-order valence-corrected chi connectivity index (χ2v) is 4.21. The fourth-order valence-electron chi connectivity index (χ4n) is 1.57. The Balaban J connectivity index is 1.77. The van der Waals surface area contributed by atoms with E-state index in [0.717, 1.165) is 17.2 Å². The zero-order valence-electron chi connectivity index (χ0n) is 10.6. The van der Waals surface area contributed by atoms with Crippen molar-refractivity contribution in [2.24, 2.45) is 0 Å². The van der Waals surface area contributed by atoms with E-state index in [9.17, 15) is 0 Å². The predicted molar refractivity (Wildman–Crippen MR) is 76.2 cm³/mol. The molecule has 1 N–H and O–H groups in total. The molecule has 0 radical (unpaired) electrons. The number of nitrogens with one attached hydrogen (secondary N) is 1. The molecule has 0 spiro atoms. The van der Waals surface area contributed by atoms with Crippen molar-refractivity contribution in [2.45, 2.75) is 0 Å². The van der Waals surface area contributed by atoms with Crippen LogP contribution in [0.25, 0.3) is 0 Å². The minimum absolute atomic E-state index is 0.471. The average molecular weight is 279 g/mol. The SMILES string of the molecule is COc1cccc(OCCNc2ccnc(Cl)c2)c1. The maximum Gasteiger partial charge on any atom is 0.131 e. The highest BCUT2D eigenvalue weighted by Crippen LogP contribution is 2.18. The van der Waals surface area contributed by atoms with Crippen molar-refractivity contribution in [1.29, 1.82) is 0 Å². The van der Waals surface area contributed by atoms with Crippen LogP contribution in [-0.2, 0) is 0 Å². The third kappa shape index (κ3) is 4.34. The molecule has 0 amide bonds. The Labute approximate surface area is 117 Å². The third-order valence-corrected chi connectivity index (χ3v) is 2.67. The summed E-state index contributed by atoms with van der Waals surface area (Å²) < 4.78 is 10.7. The van der Waals surface area contributed by atoms with E-state index in [4.69, 9.17) is 21.1 Å². The highest BCUT2D eigenvalue weighted by molar-refractivity contribution is 6.29. The van der Waals surface area contributed by atoms with E-state index in [1.54, 1.807) is 19.4 Å². The van der Waals surface area contributed by atoms with Crippen molar-refractivity contribution in [3.63, 3.8) is 0 Å². The van der Waals surface area contributed by atoms with Crippen molar-refractivity contribution < 1.29 is 9.47 Å². The van der Waals surface area contributed by atoms with Gasteiger partial charge in [-0.3, -0.25) is 0 Å². The lowest BCUT2D eigenvalue weighted by molar-refractivity contribution is 0.329. The molecule has 0 atom stereocenters. The predicted octanol–water partition coefficient (Wildman–Crippen LogP) is 3.23. The number of hydrogen-bond acceptors (Lipinski definition) is 4. The minimum Gasteiger partial charge on any atom is -0.497 e. The molecular formula is C14H15ClN2O2. The van der Waals surface area contributed by atoms with Crippen LogP contribution in [0, 0.1) is 0 Å². The van der Waals surface area contributed by atoms with Crippen LogP contribution < -0.4 is 14.8 Å². The number of ether oxygens (including phenoxy) is 2. The van der Waals surface area contributed by atoms with Gasteiger partial charge in [0.05, 0.1) is 7.11 Å². The van der Waals surface area contributed by atoms with Crippen LogP contribution in [0.1, 0.15) is 0 Å². The Morgan fingerprint density at radius 3 is 2.84 bits per heavy atom. The van der Waals surface area contributed by atoms with Gasteiger partial charge >= 0.3 is 0 Å². The second kappa shape index (κ2) is 6.85. The molecule has 1 aromatic heterocycles. The van der Waals surface area contributed by atoms with Gasteiger partial charge in [0.1, 0.15) is 23.3 Å². The van der Waals surface area contributed by atoms with Gasteiger partial charge in [-0.25, -0.2) is 4.98 Å². The monoisotopic (exact) mass is 278 g/mol. The van der Waals surface area contributed by atoms with E-state index in [0.29, 0.717) is 18.3 Å². The smallest absolute Gasteiger partial charge is 0.131 e. The number of pyridine rings is 1. The molecule has 1 heterocycles. The van der Waals surface area contributed by atoms with Crippen molar-refractivity contribution in [3.05, 3.63) is 47.7 Å². The van der Waals surface area contributed by atoms with E-state index < -0.39 is 0 Å². The molecule has 0 unspecified atom stereocenters. The summed E-state index contributed by atoms with van der Waals surface area (Å²) in [7, 11) is 1.63. The number of rotatable bonds is 6. The topological polar surface area (TPSA) is 43.4 Å².